The molecule has 14 heavy (non-hydrogen) atoms. The molecule has 2 heterocycles. The molecule has 2 rings (SSSR count). The highest BCUT2D eigenvalue weighted by Crippen LogP contribution is 2.12. The van der Waals surface area contributed by atoms with Crippen molar-refractivity contribution in [2.45, 2.75) is 0 Å². The van der Waals surface area contributed by atoms with Gasteiger partial charge in [0, 0.05) is 18.5 Å². The third-order valence-electron chi connectivity index (χ3n) is 1.67. The number of pyridine rings is 1. The van der Waals surface area contributed by atoms with Crippen LogP contribution in [0.4, 0.5) is 0 Å². The molecule has 0 aliphatic carbocycles. The van der Waals surface area contributed by atoms with E-state index in [-0.39, 0.29) is 0 Å². The molecule has 0 unspecified atom stereocenters. The summed E-state index contributed by atoms with van der Waals surface area (Å²) in [6.45, 7) is 0. The summed E-state index contributed by atoms with van der Waals surface area (Å²) in [6, 6.07) is 5.45. The van der Waals surface area contributed by atoms with Gasteiger partial charge < -0.3 is 0 Å². The van der Waals surface area contributed by atoms with Crippen LogP contribution in [-0.4, -0.2) is 14.8 Å². The predicted octanol–water partition coefficient (Wildman–Crippen LogP) is 1.90. The summed E-state index contributed by atoms with van der Waals surface area (Å²) in [5, 5.41) is 12.8. The second-order valence-electron chi connectivity index (χ2n) is 2.61. The van der Waals surface area contributed by atoms with Gasteiger partial charge in [-0.1, -0.05) is 0 Å². The maximum Gasteiger partial charge on any atom is 0.142 e. The van der Waals surface area contributed by atoms with E-state index in [0.717, 1.165) is 10.2 Å². The Morgan fingerprint density at radius 3 is 3.00 bits per heavy atom. The van der Waals surface area contributed by atoms with Gasteiger partial charge in [0.25, 0.3) is 0 Å². The molecule has 2 aromatic heterocycles. The zero-order chi connectivity index (χ0) is 9.97. The van der Waals surface area contributed by atoms with Crippen LogP contribution in [0.25, 0.3) is 5.69 Å². The lowest BCUT2D eigenvalue weighted by atomic mass is 10.3. The Balaban J connectivity index is 2.47. The average molecular weight is 249 g/mol. The van der Waals surface area contributed by atoms with E-state index in [0.29, 0.717) is 5.69 Å². The number of hydrogen-bond acceptors (Lipinski definition) is 3. The molecule has 0 radical (unpaired) electrons. The maximum atomic E-state index is 8.66. The first-order valence-electron chi connectivity index (χ1n) is 3.86. The smallest absolute Gasteiger partial charge is 0.142 e. The molecule has 0 spiro atoms. The maximum absolute atomic E-state index is 8.66. The van der Waals surface area contributed by atoms with Gasteiger partial charge in [-0.25, -0.2) is 9.67 Å². The van der Waals surface area contributed by atoms with E-state index in [1.54, 1.807) is 29.2 Å². The van der Waals surface area contributed by atoms with Crippen LogP contribution in [0, 0.1) is 11.3 Å². The van der Waals surface area contributed by atoms with Gasteiger partial charge in [0.1, 0.15) is 11.8 Å². The molecule has 0 aliphatic heterocycles. The van der Waals surface area contributed by atoms with Gasteiger partial charge in [-0.05, 0) is 22.0 Å². The quantitative estimate of drug-likeness (QED) is 0.775. The van der Waals surface area contributed by atoms with Crippen LogP contribution in [0.2, 0.25) is 0 Å². The zero-order valence-corrected chi connectivity index (χ0v) is 8.64. The van der Waals surface area contributed by atoms with Gasteiger partial charge in [-0.3, -0.25) is 0 Å². The molecule has 0 fully saturated rings. The van der Waals surface area contributed by atoms with Crippen molar-refractivity contribution in [3.8, 4) is 11.8 Å². The number of nitriles is 1. The standard InChI is InChI=1S/C9H5BrN4/c10-7-5-13-14(6-7)9-1-2-12-8(3-9)4-11/h1-3,5-6H. The van der Waals surface area contributed by atoms with Gasteiger partial charge in [0.05, 0.1) is 16.4 Å². The fourth-order valence-corrected chi connectivity index (χ4v) is 1.35. The molecule has 0 saturated carbocycles. The van der Waals surface area contributed by atoms with E-state index in [4.69, 9.17) is 5.26 Å². The summed E-state index contributed by atoms with van der Waals surface area (Å²) in [7, 11) is 0. The Labute approximate surface area is 88.9 Å². The Morgan fingerprint density at radius 2 is 2.36 bits per heavy atom. The van der Waals surface area contributed by atoms with Crippen molar-refractivity contribution in [3.05, 3.63) is 40.9 Å². The van der Waals surface area contributed by atoms with Crippen LogP contribution in [0.3, 0.4) is 0 Å². The van der Waals surface area contributed by atoms with Crippen LogP contribution < -0.4 is 0 Å². The summed E-state index contributed by atoms with van der Waals surface area (Å²) in [4.78, 5) is 3.88. The SMILES string of the molecule is N#Cc1cc(-n2cc(Br)cn2)ccn1. The number of halogens is 1. The van der Waals surface area contributed by atoms with E-state index >= 15 is 0 Å². The van der Waals surface area contributed by atoms with Gasteiger partial charge in [0.15, 0.2) is 0 Å². The molecular formula is C9H5BrN4. The van der Waals surface area contributed by atoms with Crippen molar-refractivity contribution in [1.29, 1.82) is 5.26 Å². The molecule has 0 aromatic carbocycles. The van der Waals surface area contributed by atoms with E-state index in [9.17, 15) is 0 Å². The molecular weight excluding hydrogens is 244 g/mol. The third kappa shape index (κ3) is 1.65. The molecule has 0 bridgehead atoms. The Hall–Kier alpha value is -1.67. The van der Waals surface area contributed by atoms with Crippen molar-refractivity contribution in [3.63, 3.8) is 0 Å². The Bertz CT molecular complexity index is 498. The highest BCUT2D eigenvalue weighted by Gasteiger charge is 2.00. The highest BCUT2D eigenvalue weighted by atomic mass is 79.9. The number of hydrogen-bond donors (Lipinski definition) is 0. The van der Waals surface area contributed by atoms with Crippen molar-refractivity contribution >= 4 is 15.9 Å². The molecule has 2 aromatic rings. The van der Waals surface area contributed by atoms with E-state index in [1.807, 2.05) is 12.3 Å². The highest BCUT2D eigenvalue weighted by molar-refractivity contribution is 9.10. The second kappa shape index (κ2) is 3.60. The van der Waals surface area contributed by atoms with Crippen LogP contribution in [0.1, 0.15) is 5.69 Å². The largest absolute Gasteiger partial charge is 0.245 e. The topological polar surface area (TPSA) is 54.5 Å². The third-order valence-corrected chi connectivity index (χ3v) is 2.08. The zero-order valence-electron chi connectivity index (χ0n) is 7.05. The molecule has 0 aliphatic rings. The van der Waals surface area contributed by atoms with E-state index < -0.39 is 0 Å². The Morgan fingerprint density at radius 1 is 1.50 bits per heavy atom. The molecule has 0 saturated heterocycles. The summed E-state index contributed by atoms with van der Waals surface area (Å²) in [6.07, 6.45) is 5.09. The van der Waals surface area contributed by atoms with Crippen LogP contribution >= 0.6 is 15.9 Å². The molecule has 0 amide bonds. The monoisotopic (exact) mass is 248 g/mol. The van der Waals surface area contributed by atoms with Crippen molar-refractivity contribution in [1.82, 2.24) is 14.8 Å². The van der Waals surface area contributed by atoms with Gasteiger partial charge in [-0.2, -0.15) is 10.4 Å². The van der Waals surface area contributed by atoms with E-state index in [2.05, 4.69) is 26.0 Å². The lowest BCUT2D eigenvalue weighted by Crippen LogP contribution is -1.95. The normalized spacial score (nSPS) is 9.71. The lowest BCUT2D eigenvalue weighted by molar-refractivity contribution is 0.876. The lowest BCUT2D eigenvalue weighted by Gasteiger charge is -1.99. The average Bonchev–Trinajstić information content (AvgIpc) is 2.65. The first kappa shape index (κ1) is 8.91. The Kier molecular flexibility index (Phi) is 2.29. The van der Waals surface area contributed by atoms with Crippen molar-refractivity contribution in [2.75, 3.05) is 0 Å². The van der Waals surface area contributed by atoms with Crippen molar-refractivity contribution in [2.24, 2.45) is 0 Å². The van der Waals surface area contributed by atoms with Gasteiger partial charge in [-0.15, -0.1) is 0 Å². The second-order valence-corrected chi connectivity index (χ2v) is 3.53. The van der Waals surface area contributed by atoms with Crippen molar-refractivity contribution < 1.29 is 0 Å². The number of rotatable bonds is 1. The summed E-state index contributed by atoms with van der Waals surface area (Å²) in [5.41, 5.74) is 1.20. The fourth-order valence-electron chi connectivity index (χ4n) is 1.07. The summed E-state index contributed by atoms with van der Waals surface area (Å²) < 4.78 is 2.57. The minimum atomic E-state index is 0.383. The molecule has 0 N–H and O–H groups in total. The fraction of sp³-hybridized carbons (Fsp3) is 0. The minimum Gasteiger partial charge on any atom is -0.245 e. The van der Waals surface area contributed by atoms with Gasteiger partial charge in [0.2, 0.25) is 0 Å². The first-order chi connectivity index (χ1) is 6.79. The molecule has 68 valence electrons. The van der Waals surface area contributed by atoms with E-state index in [1.165, 1.54) is 0 Å². The van der Waals surface area contributed by atoms with Crippen LogP contribution in [-0.2, 0) is 0 Å². The minimum absolute atomic E-state index is 0.383. The van der Waals surface area contributed by atoms with Gasteiger partial charge >= 0.3 is 0 Å². The molecule has 5 heteroatoms. The molecule has 4 nitrogen and oxygen atoms in total. The number of aromatic nitrogens is 3. The predicted molar refractivity (Wildman–Crippen MR) is 53.8 cm³/mol. The number of nitrogens with zero attached hydrogens (tertiary/aromatic N) is 4. The first-order valence-corrected chi connectivity index (χ1v) is 4.65. The molecule has 0 atom stereocenters. The summed E-state index contributed by atoms with van der Waals surface area (Å²) in [5.74, 6) is 0. The van der Waals surface area contributed by atoms with Crippen LogP contribution in [0.5, 0.6) is 0 Å². The summed E-state index contributed by atoms with van der Waals surface area (Å²) >= 11 is 3.30. The van der Waals surface area contributed by atoms with Crippen LogP contribution in [0.15, 0.2) is 35.2 Å².